The van der Waals surface area contributed by atoms with Crippen molar-refractivity contribution in [3.8, 4) is 0 Å². The Labute approximate surface area is 109 Å². The molecule has 2 atom stereocenters. The summed E-state index contributed by atoms with van der Waals surface area (Å²) in [7, 11) is 0. The third-order valence-corrected chi connectivity index (χ3v) is 3.83. The molecule has 4 nitrogen and oxygen atoms in total. The molecule has 0 spiro atoms. The minimum atomic E-state index is 0.357. The predicted molar refractivity (Wildman–Crippen MR) is 73.4 cm³/mol. The van der Waals surface area contributed by atoms with E-state index in [4.69, 9.17) is 0 Å². The minimum absolute atomic E-state index is 0.357. The molecule has 0 saturated heterocycles. The largest absolute Gasteiger partial charge is 0.367 e. The molecule has 0 aliphatic carbocycles. The minimum Gasteiger partial charge on any atom is -0.367 e. The fourth-order valence-corrected chi connectivity index (χ4v) is 2.00. The van der Waals surface area contributed by atoms with E-state index < -0.39 is 0 Å². The van der Waals surface area contributed by atoms with Crippen LogP contribution in [0.1, 0.15) is 13.8 Å². The maximum absolute atomic E-state index is 4.43. The molecular formula is C12H15BrN4. The second kappa shape index (κ2) is 5.40. The number of pyridine rings is 1. The van der Waals surface area contributed by atoms with E-state index in [1.54, 1.807) is 12.4 Å². The Morgan fingerprint density at radius 3 is 2.76 bits per heavy atom. The van der Waals surface area contributed by atoms with Crippen molar-refractivity contribution in [1.82, 2.24) is 15.0 Å². The number of hydrogen-bond acceptors (Lipinski definition) is 4. The van der Waals surface area contributed by atoms with Crippen LogP contribution in [-0.2, 0) is 0 Å². The van der Waals surface area contributed by atoms with Gasteiger partial charge >= 0.3 is 0 Å². The molecule has 0 saturated carbocycles. The van der Waals surface area contributed by atoms with Gasteiger partial charge in [-0.15, -0.1) is 0 Å². The molecule has 0 fully saturated rings. The summed E-state index contributed by atoms with van der Waals surface area (Å²) in [6, 6.07) is 4.23. The summed E-state index contributed by atoms with van der Waals surface area (Å²) >= 11 is 3.49. The fourth-order valence-electron chi connectivity index (χ4n) is 1.44. The van der Waals surface area contributed by atoms with Crippen molar-refractivity contribution in [3.05, 3.63) is 24.5 Å². The van der Waals surface area contributed by atoms with Crippen molar-refractivity contribution in [2.75, 3.05) is 10.6 Å². The van der Waals surface area contributed by atoms with Crippen molar-refractivity contribution in [2.45, 2.75) is 19.9 Å². The standard InChI is InChI=1S/C12H15BrN4/c1-8(7-13)9(2)16-11-4-3-10-12(17-11)15-6-5-14-10/h3-6,8-9H,7H2,1-2H3,(H,15,16,17). The van der Waals surface area contributed by atoms with Crippen LogP contribution < -0.4 is 5.32 Å². The summed E-state index contributed by atoms with van der Waals surface area (Å²) in [5, 5.41) is 4.34. The first-order valence-corrected chi connectivity index (χ1v) is 6.73. The quantitative estimate of drug-likeness (QED) is 0.881. The number of halogens is 1. The molecule has 0 aliphatic heterocycles. The fraction of sp³-hybridized carbons (Fsp3) is 0.417. The molecule has 0 aliphatic rings. The number of nitrogens with zero attached hydrogens (tertiary/aromatic N) is 3. The van der Waals surface area contributed by atoms with Gasteiger partial charge in [0, 0.05) is 23.8 Å². The molecule has 0 amide bonds. The Hall–Kier alpha value is -1.23. The van der Waals surface area contributed by atoms with Crippen LogP contribution in [-0.4, -0.2) is 26.3 Å². The van der Waals surface area contributed by atoms with Crippen molar-refractivity contribution >= 4 is 32.9 Å². The van der Waals surface area contributed by atoms with E-state index in [-0.39, 0.29) is 0 Å². The molecule has 2 heterocycles. The van der Waals surface area contributed by atoms with Crippen molar-refractivity contribution in [2.24, 2.45) is 5.92 Å². The molecule has 0 aromatic carbocycles. The lowest BCUT2D eigenvalue weighted by Crippen LogP contribution is -2.25. The second-order valence-electron chi connectivity index (χ2n) is 4.16. The molecule has 17 heavy (non-hydrogen) atoms. The SMILES string of the molecule is CC(CBr)C(C)Nc1ccc2nccnc2n1. The molecule has 0 radical (unpaired) electrons. The van der Waals surface area contributed by atoms with Gasteiger partial charge in [0.2, 0.25) is 0 Å². The van der Waals surface area contributed by atoms with Crippen LogP contribution >= 0.6 is 15.9 Å². The third kappa shape index (κ3) is 2.91. The van der Waals surface area contributed by atoms with Gasteiger partial charge in [0.15, 0.2) is 5.65 Å². The Kier molecular flexibility index (Phi) is 3.89. The van der Waals surface area contributed by atoms with E-state index in [0.29, 0.717) is 17.6 Å². The third-order valence-electron chi connectivity index (χ3n) is 2.80. The van der Waals surface area contributed by atoms with Crippen LogP contribution in [0.5, 0.6) is 0 Å². The van der Waals surface area contributed by atoms with Gasteiger partial charge in [-0.1, -0.05) is 22.9 Å². The highest BCUT2D eigenvalue weighted by molar-refractivity contribution is 9.09. The van der Waals surface area contributed by atoms with Gasteiger partial charge in [-0.25, -0.2) is 9.97 Å². The van der Waals surface area contributed by atoms with E-state index in [1.807, 2.05) is 12.1 Å². The Morgan fingerprint density at radius 2 is 2.00 bits per heavy atom. The average molecular weight is 295 g/mol. The lowest BCUT2D eigenvalue weighted by Gasteiger charge is -2.19. The molecule has 1 N–H and O–H groups in total. The molecule has 0 bridgehead atoms. The second-order valence-corrected chi connectivity index (χ2v) is 4.81. The highest BCUT2D eigenvalue weighted by Gasteiger charge is 2.11. The van der Waals surface area contributed by atoms with Gasteiger partial charge < -0.3 is 5.32 Å². The van der Waals surface area contributed by atoms with Crippen molar-refractivity contribution < 1.29 is 0 Å². The van der Waals surface area contributed by atoms with E-state index in [0.717, 1.165) is 16.7 Å². The summed E-state index contributed by atoms with van der Waals surface area (Å²) < 4.78 is 0. The molecule has 5 heteroatoms. The van der Waals surface area contributed by atoms with Crippen molar-refractivity contribution in [1.29, 1.82) is 0 Å². The summed E-state index contributed by atoms with van der Waals surface area (Å²) in [6.45, 7) is 4.34. The highest BCUT2D eigenvalue weighted by Crippen LogP contribution is 2.14. The van der Waals surface area contributed by atoms with E-state index in [1.165, 1.54) is 0 Å². The number of alkyl halides is 1. The van der Waals surface area contributed by atoms with Crippen LogP contribution in [0.2, 0.25) is 0 Å². The topological polar surface area (TPSA) is 50.7 Å². The Balaban J connectivity index is 2.19. The maximum atomic E-state index is 4.43. The molecule has 2 unspecified atom stereocenters. The summed E-state index contributed by atoms with van der Waals surface area (Å²) in [5.74, 6) is 1.38. The molecule has 90 valence electrons. The molecule has 2 rings (SSSR count). The summed E-state index contributed by atoms with van der Waals surface area (Å²) in [6.07, 6.45) is 3.33. The normalized spacial score (nSPS) is 14.5. The first-order valence-electron chi connectivity index (χ1n) is 5.61. The Morgan fingerprint density at radius 1 is 1.24 bits per heavy atom. The molecule has 2 aromatic heterocycles. The van der Waals surface area contributed by atoms with Gasteiger partial charge in [-0.05, 0) is 25.0 Å². The van der Waals surface area contributed by atoms with Crippen molar-refractivity contribution in [3.63, 3.8) is 0 Å². The zero-order valence-electron chi connectivity index (χ0n) is 9.89. The smallest absolute Gasteiger partial charge is 0.180 e. The van der Waals surface area contributed by atoms with Crippen LogP contribution in [0, 0.1) is 5.92 Å². The first kappa shape index (κ1) is 12.2. The van der Waals surface area contributed by atoms with E-state index >= 15 is 0 Å². The summed E-state index contributed by atoms with van der Waals surface area (Å²) in [5.41, 5.74) is 1.50. The number of fused-ring (bicyclic) bond motifs is 1. The summed E-state index contributed by atoms with van der Waals surface area (Å²) in [4.78, 5) is 12.8. The first-order chi connectivity index (χ1) is 8.20. The van der Waals surface area contributed by atoms with Crippen LogP contribution in [0.15, 0.2) is 24.5 Å². The Bertz CT molecular complexity index is 503. The van der Waals surface area contributed by atoms with Gasteiger partial charge in [0.05, 0.1) is 0 Å². The van der Waals surface area contributed by atoms with Gasteiger partial charge in [0.1, 0.15) is 11.3 Å². The molecule has 2 aromatic rings. The number of aromatic nitrogens is 3. The van der Waals surface area contributed by atoms with E-state index in [2.05, 4.69) is 50.0 Å². The number of nitrogens with one attached hydrogen (secondary N) is 1. The van der Waals surface area contributed by atoms with Crippen LogP contribution in [0.25, 0.3) is 11.2 Å². The predicted octanol–water partition coefficient (Wildman–Crippen LogP) is 2.86. The highest BCUT2D eigenvalue weighted by atomic mass is 79.9. The van der Waals surface area contributed by atoms with Gasteiger partial charge in [0.25, 0.3) is 0 Å². The number of anilines is 1. The lowest BCUT2D eigenvalue weighted by atomic mass is 10.1. The monoisotopic (exact) mass is 294 g/mol. The van der Waals surface area contributed by atoms with Gasteiger partial charge in [-0.3, -0.25) is 4.98 Å². The maximum Gasteiger partial charge on any atom is 0.180 e. The number of hydrogen-bond donors (Lipinski definition) is 1. The van der Waals surface area contributed by atoms with Crippen LogP contribution in [0.3, 0.4) is 0 Å². The zero-order chi connectivity index (χ0) is 12.3. The zero-order valence-corrected chi connectivity index (χ0v) is 11.5. The molecular weight excluding hydrogens is 280 g/mol. The van der Waals surface area contributed by atoms with E-state index in [9.17, 15) is 0 Å². The number of rotatable bonds is 4. The lowest BCUT2D eigenvalue weighted by molar-refractivity contribution is 0.571. The van der Waals surface area contributed by atoms with Crippen LogP contribution in [0.4, 0.5) is 5.82 Å². The average Bonchev–Trinajstić information content (AvgIpc) is 2.37. The van der Waals surface area contributed by atoms with Gasteiger partial charge in [-0.2, -0.15) is 0 Å².